The zero-order chi connectivity index (χ0) is 19.4. The summed E-state index contributed by atoms with van der Waals surface area (Å²) >= 11 is 0. The number of nitrogens with one attached hydrogen (secondary N) is 2. The molecular formula is C20H23N3O4. The molecule has 0 amide bonds. The summed E-state index contributed by atoms with van der Waals surface area (Å²) in [7, 11) is 0. The van der Waals surface area contributed by atoms with Crippen LogP contribution in [0.5, 0.6) is 0 Å². The lowest BCUT2D eigenvalue weighted by Gasteiger charge is -2.31. The van der Waals surface area contributed by atoms with Gasteiger partial charge in [-0.2, -0.15) is 0 Å². The molecule has 1 aromatic heterocycles. The van der Waals surface area contributed by atoms with E-state index < -0.39 is 12.1 Å². The third kappa shape index (κ3) is 4.50. The Bertz CT molecular complexity index is 818. The topological polar surface area (TPSA) is 116 Å². The molecule has 7 nitrogen and oxygen atoms in total. The van der Waals surface area contributed by atoms with E-state index in [2.05, 4.69) is 10.3 Å². The average molecular weight is 369 g/mol. The number of aliphatic hydroxyl groups is 1. The first kappa shape index (κ1) is 19.0. The van der Waals surface area contributed by atoms with Gasteiger partial charge in [0, 0.05) is 29.2 Å². The van der Waals surface area contributed by atoms with Crippen LogP contribution in [0.2, 0.25) is 0 Å². The highest BCUT2D eigenvalue weighted by Crippen LogP contribution is 2.29. The molecule has 7 heteroatoms. The van der Waals surface area contributed by atoms with Crippen LogP contribution in [0.3, 0.4) is 0 Å². The van der Waals surface area contributed by atoms with Crippen molar-refractivity contribution in [3.63, 3.8) is 0 Å². The van der Waals surface area contributed by atoms with Gasteiger partial charge in [-0.05, 0) is 56.5 Å². The number of carbonyl (C=O) groups is 1. The minimum absolute atomic E-state index is 0.194. The summed E-state index contributed by atoms with van der Waals surface area (Å²) in [6, 6.07) is 7.96. The number of aromatic nitrogens is 1. The number of nitrogens with zero attached hydrogens (tertiary/aromatic N) is 1. The van der Waals surface area contributed by atoms with Gasteiger partial charge in [-0.15, -0.1) is 0 Å². The van der Waals surface area contributed by atoms with E-state index in [0.717, 1.165) is 19.1 Å². The molecular weight excluding hydrogens is 346 g/mol. The van der Waals surface area contributed by atoms with Crippen LogP contribution < -0.4 is 5.32 Å². The van der Waals surface area contributed by atoms with E-state index in [1.165, 1.54) is 18.6 Å². The summed E-state index contributed by atoms with van der Waals surface area (Å²) < 4.78 is 5.83. The summed E-state index contributed by atoms with van der Waals surface area (Å²) in [6.45, 7) is 1.84. The maximum atomic E-state index is 10.9. The fourth-order valence-electron chi connectivity index (χ4n) is 2.86. The maximum absolute atomic E-state index is 10.9. The Labute approximate surface area is 157 Å². The molecule has 3 rings (SSSR count). The van der Waals surface area contributed by atoms with E-state index >= 15 is 0 Å². The minimum Gasteiger partial charge on any atom is -0.478 e. The zero-order valence-corrected chi connectivity index (χ0v) is 15.1. The fourth-order valence-corrected chi connectivity index (χ4v) is 2.86. The number of pyridine rings is 1. The number of anilines is 2. The van der Waals surface area contributed by atoms with E-state index in [4.69, 9.17) is 15.3 Å². The largest absolute Gasteiger partial charge is 0.478 e. The van der Waals surface area contributed by atoms with Crippen molar-refractivity contribution >= 4 is 23.7 Å². The van der Waals surface area contributed by atoms with Crippen molar-refractivity contribution < 1.29 is 19.7 Å². The molecule has 1 fully saturated rings. The van der Waals surface area contributed by atoms with Crippen LogP contribution in [-0.2, 0) is 4.74 Å². The summed E-state index contributed by atoms with van der Waals surface area (Å²) in [5.74, 6) is -0.534. The lowest BCUT2D eigenvalue weighted by molar-refractivity contribution is -0.0944. The molecule has 27 heavy (non-hydrogen) atoms. The summed E-state index contributed by atoms with van der Waals surface area (Å²) in [6.07, 6.45) is 5.01. The predicted molar refractivity (Wildman–Crippen MR) is 102 cm³/mol. The van der Waals surface area contributed by atoms with Gasteiger partial charge in [0.15, 0.2) is 0 Å². The van der Waals surface area contributed by atoms with E-state index in [1.54, 1.807) is 24.4 Å². The first-order chi connectivity index (χ1) is 13.0. The molecule has 1 aromatic carbocycles. The first-order valence-electron chi connectivity index (χ1n) is 8.92. The number of ether oxygens (including phenoxy) is 1. The van der Waals surface area contributed by atoms with Crippen molar-refractivity contribution in [1.29, 1.82) is 5.41 Å². The molecule has 0 radical (unpaired) electrons. The number of rotatable bonds is 8. The highest BCUT2D eigenvalue weighted by molar-refractivity contribution is 5.89. The standard InChI is InChI=1S/C20H23N3O4/c1-12(27-17-3-2-4-17)18(24)15-9-14(10-21)19(22-11-15)23-16-7-5-13(6-8-16)20(25)26/h5-12,17-18,21,24H,2-4H2,1H3,(H,22,23)(H,25,26). The number of aromatic carboxylic acids is 1. The summed E-state index contributed by atoms with van der Waals surface area (Å²) in [5.41, 5.74) is 1.96. The number of hydrogen-bond donors (Lipinski definition) is 4. The SMILES string of the molecule is CC(OC1CCC1)C(O)c1cnc(Nc2ccc(C(=O)O)cc2)c(C=N)c1. The molecule has 1 aliphatic carbocycles. The second kappa shape index (κ2) is 8.28. The Morgan fingerprint density at radius 2 is 2.07 bits per heavy atom. The molecule has 4 N–H and O–H groups in total. The Morgan fingerprint density at radius 1 is 1.37 bits per heavy atom. The Balaban J connectivity index is 1.73. The van der Waals surface area contributed by atoms with Crippen LogP contribution in [0.1, 0.15) is 53.8 Å². The third-order valence-electron chi connectivity index (χ3n) is 4.73. The molecule has 1 aliphatic rings. The number of carboxylic acid groups (broad SMARTS) is 1. The Hall–Kier alpha value is -2.77. The van der Waals surface area contributed by atoms with Gasteiger partial charge in [0.05, 0.1) is 17.8 Å². The van der Waals surface area contributed by atoms with Crippen molar-refractivity contribution in [2.45, 2.75) is 44.5 Å². The van der Waals surface area contributed by atoms with Crippen LogP contribution in [0.25, 0.3) is 0 Å². The molecule has 1 saturated carbocycles. The highest BCUT2D eigenvalue weighted by atomic mass is 16.5. The van der Waals surface area contributed by atoms with Gasteiger partial charge in [0.2, 0.25) is 0 Å². The van der Waals surface area contributed by atoms with Gasteiger partial charge < -0.3 is 25.7 Å². The van der Waals surface area contributed by atoms with Gasteiger partial charge >= 0.3 is 5.97 Å². The van der Waals surface area contributed by atoms with E-state index in [0.29, 0.717) is 22.6 Å². The normalized spacial score (nSPS) is 16.2. The third-order valence-corrected chi connectivity index (χ3v) is 4.73. The van der Waals surface area contributed by atoms with Crippen LogP contribution in [0.15, 0.2) is 36.5 Å². The molecule has 0 aliphatic heterocycles. The quantitative estimate of drug-likeness (QED) is 0.529. The highest BCUT2D eigenvalue weighted by Gasteiger charge is 2.25. The molecule has 2 unspecified atom stereocenters. The molecule has 0 bridgehead atoms. The van der Waals surface area contributed by atoms with Crippen molar-refractivity contribution in [3.05, 3.63) is 53.2 Å². The van der Waals surface area contributed by atoms with Crippen LogP contribution in [0.4, 0.5) is 11.5 Å². The lowest BCUT2D eigenvalue weighted by Crippen LogP contribution is -2.30. The molecule has 2 atom stereocenters. The smallest absolute Gasteiger partial charge is 0.335 e. The first-order valence-corrected chi connectivity index (χ1v) is 8.92. The van der Waals surface area contributed by atoms with Gasteiger partial charge in [-0.1, -0.05) is 0 Å². The lowest BCUT2D eigenvalue weighted by atomic mass is 9.95. The van der Waals surface area contributed by atoms with Gasteiger partial charge in [-0.3, -0.25) is 0 Å². The molecule has 0 spiro atoms. The Kier molecular flexibility index (Phi) is 5.83. The molecule has 1 heterocycles. The maximum Gasteiger partial charge on any atom is 0.335 e. The van der Waals surface area contributed by atoms with E-state index in [9.17, 15) is 9.90 Å². The minimum atomic E-state index is -0.989. The number of hydrogen-bond acceptors (Lipinski definition) is 6. The molecule has 142 valence electrons. The van der Waals surface area contributed by atoms with Crippen molar-refractivity contribution in [2.24, 2.45) is 0 Å². The van der Waals surface area contributed by atoms with Crippen molar-refractivity contribution in [3.8, 4) is 0 Å². The monoisotopic (exact) mass is 369 g/mol. The summed E-state index contributed by atoms with van der Waals surface area (Å²) in [4.78, 5) is 15.2. The second-order valence-corrected chi connectivity index (χ2v) is 6.70. The average Bonchev–Trinajstić information content (AvgIpc) is 2.64. The number of benzene rings is 1. The number of carboxylic acids is 1. The fraction of sp³-hybridized carbons (Fsp3) is 0.350. The predicted octanol–water partition coefficient (Wildman–Crippen LogP) is 3.51. The Morgan fingerprint density at radius 3 is 2.63 bits per heavy atom. The van der Waals surface area contributed by atoms with E-state index in [-0.39, 0.29) is 17.8 Å². The number of aliphatic hydroxyl groups excluding tert-OH is 1. The van der Waals surface area contributed by atoms with Gasteiger partial charge in [0.1, 0.15) is 11.9 Å². The molecule has 0 saturated heterocycles. The summed E-state index contributed by atoms with van der Waals surface area (Å²) in [5, 5.41) is 30.2. The second-order valence-electron chi connectivity index (χ2n) is 6.70. The van der Waals surface area contributed by atoms with E-state index in [1.807, 2.05) is 6.92 Å². The van der Waals surface area contributed by atoms with Crippen LogP contribution in [-0.4, -0.2) is 39.6 Å². The molecule has 2 aromatic rings. The van der Waals surface area contributed by atoms with Crippen LogP contribution in [0, 0.1) is 5.41 Å². The zero-order valence-electron chi connectivity index (χ0n) is 15.1. The van der Waals surface area contributed by atoms with Crippen molar-refractivity contribution in [1.82, 2.24) is 4.98 Å². The van der Waals surface area contributed by atoms with Crippen molar-refractivity contribution in [2.75, 3.05) is 5.32 Å². The van der Waals surface area contributed by atoms with Gasteiger partial charge in [0.25, 0.3) is 0 Å². The van der Waals surface area contributed by atoms with Crippen LogP contribution >= 0.6 is 0 Å². The van der Waals surface area contributed by atoms with Gasteiger partial charge in [-0.25, -0.2) is 9.78 Å².